The van der Waals surface area contributed by atoms with Gasteiger partial charge in [-0.2, -0.15) is 0 Å². The zero-order chi connectivity index (χ0) is 13.8. The SMILES string of the molecule is O=C(NCc1ccc(F)c(F)c1)c1cccc(Cl)n1. The summed E-state index contributed by atoms with van der Waals surface area (Å²) in [4.78, 5) is 15.6. The number of nitrogens with one attached hydrogen (secondary N) is 1. The summed E-state index contributed by atoms with van der Waals surface area (Å²) in [5.74, 6) is -2.31. The summed E-state index contributed by atoms with van der Waals surface area (Å²) in [5, 5.41) is 2.75. The molecule has 1 amide bonds. The molecule has 1 N–H and O–H groups in total. The molecule has 0 saturated carbocycles. The maximum absolute atomic E-state index is 13.0. The van der Waals surface area contributed by atoms with Gasteiger partial charge in [0.05, 0.1) is 0 Å². The lowest BCUT2D eigenvalue weighted by Crippen LogP contribution is -2.23. The van der Waals surface area contributed by atoms with Crippen molar-refractivity contribution in [1.82, 2.24) is 10.3 Å². The molecule has 0 unspecified atom stereocenters. The Labute approximate surface area is 113 Å². The number of nitrogens with zero attached hydrogens (tertiary/aromatic N) is 1. The van der Waals surface area contributed by atoms with Crippen molar-refractivity contribution in [2.24, 2.45) is 0 Å². The van der Waals surface area contributed by atoms with Gasteiger partial charge >= 0.3 is 0 Å². The number of pyridine rings is 1. The molecule has 3 nitrogen and oxygen atoms in total. The van der Waals surface area contributed by atoms with Gasteiger partial charge in [-0.25, -0.2) is 13.8 Å². The number of hydrogen-bond donors (Lipinski definition) is 1. The first-order chi connectivity index (χ1) is 9.06. The highest BCUT2D eigenvalue weighted by molar-refractivity contribution is 6.29. The molecule has 0 saturated heterocycles. The van der Waals surface area contributed by atoms with Crippen LogP contribution in [0.2, 0.25) is 5.15 Å². The lowest BCUT2D eigenvalue weighted by atomic mass is 10.2. The van der Waals surface area contributed by atoms with E-state index >= 15 is 0 Å². The molecular formula is C13H9ClF2N2O. The van der Waals surface area contributed by atoms with E-state index in [-0.39, 0.29) is 17.4 Å². The smallest absolute Gasteiger partial charge is 0.270 e. The van der Waals surface area contributed by atoms with Crippen LogP contribution in [0.1, 0.15) is 16.1 Å². The second-order valence-electron chi connectivity index (χ2n) is 3.78. The van der Waals surface area contributed by atoms with Crippen LogP contribution in [0.25, 0.3) is 0 Å². The van der Waals surface area contributed by atoms with Gasteiger partial charge in [0.1, 0.15) is 10.8 Å². The van der Waals surface area contributed by atoms with E-state index in [1.54, 1.807) is 12.1 Å². The normalized spacial score (nSPS) is 10.3. The Morgan fingerprint density at radius 3 is 2.68 bits per heavy atom. The second kappa shape index (κ2) is 5.75. The van der Waals surface area contributed by atoms with E-state index < -0.39 is 17.5 Å². The number of carbonyl (C=O) groups excluding carboxylic acids is 1. The Bertz CT molecular complexity index is 619. The third-order valence-electron chi connectivity index (χ3n) is 2.38. The quantitative estimate of drug-likeness (QED) is 0.880. The van der Waals surface area contributed by atoms with Crippen molar-refractivity contribution >= 4 is 17.5 Å². The van der Waals surface area contributed by atoms with Crippen molar-refractivity contribution < 1.29 is 13.6 Å². The van der Waals surface area contributed by atoms with E-state index in [0.29, 0.717) is 5.56 Å². The second-order valence-corrected chi connectivity index (χ2v) is 4.16. The molecule has 0 aliphatic heterocycles. The van der Waals surface area contributed by atoms with E-state index in [9.17, 15) is 13.6 Å². The Morgan fingerprint density at radius 1 is 1.21 bits per heavy atom. The van der Waals surface area contributed by atoms with Crippen LogP contribution in [-0.2, 0) is 6.54 Å². The average molecular weight is 283 g/mol. The predicted molar refractivity (Wildman–Crippen MR) is 66.8 cm³/mol. The van der Waals surface area contributed by atoms with E-state index in [4.69, 9.17) is 11.6 Å². The maximum Gasteiger partial charge on any atom is 0.270 e. The number of hydrogen-bond acceptors (Lipinski definition) is 2. The Balaban J connectivity index is 2.02. The maximum atomic E-state index is 13.0. The monoisotopic (exact) mass is 282 g/mol. The highest BCUT2D eigenvalue weighted by Gasteiger charge is 2.08. The van der Waals surface area contributed by atoms with Crippen LogP contribution in [0, 0.1) is 11.6 Å². The van der Waals surface area contributed by atoms with Gasteiger partial charge < -0.3 is 5.32 Å². The molecule has 6 heteroatoms. The number of carbonyl (C=O) groups is 1. The van der Waals surface area contributed by atoms with Crippen LogP contribution in [0.4, 0.5) is 8.78 Å². The lowest BCUT2D eigenvalue weighted by molar-refractivity contribution is 0.0946. The van der Waals surface area contributed by atoms with Crippen LogP contribution < -0.4 is 5.32 Å². The molecule has 0 aliphatic rings. The molecule has 98 valence electrons. The molecule has 1 heterocycles. The highest BCUT2D eigenvalue weighted by atomic mass is 35.5. The molecule has 0 aliphatic carbocycles. The Kier molecular flexibility index (Phi) is 4.06. The van der Waals surface area contributed by atoms with Gasteiger partial charge in [0.2, 0.25) is 0 Å². The van der Waals surface area contributed by atoms with Crippen LogP contribution in [0.5, 0.6) is 0 Å². The number of aromatic nitrogens is 1. The Morgan fingerprint density at radius 2 is 2.00 bits per heavy atom. The number of benzene rings is 1. The van der Waals surface area contributed by atoms with Crippen LogP contribution >= 0.6 is 11.6 Å². The fraction of sp³-hybridized carbons (Fsp3) is 0.0769. The van der Waals surface area contributed by atoms with Crippen molar-refractivity contribution in [2.75, 3.05) is 0 Å². The van der Waals surface area contributed by atoms with E-state index in [2.05, 4.69) is 10.3 Å². The van der Waals surface area contributed by atoms with Gasteiger partial charge in [0.25, 0.3) is 5.91 Å². The zero-order valence-electron chi connectivity index (χ0n) is 9.66. The topological polar surface area (TPSA) is 42.0 Å². The summed E-state index contributed by atoms with van der Waals surface area (Å²) in [6.45, 7) is 0.0736. The molecule has 1 aromatic heterocycles. The molecule has 2 rings (SSSR count). The molecule has 19 heavy (non-hydrogen) atoms. The minimum absolute atomic E-state index is 0.0736. The first kappa shape index (κ1) is 13.4. The van der Waals surface area contributed by atoms with E-state index in [0.717, 1.165) is 12.1 Å². The molecule has 2 aromatic rings. The molecular weight excluding hydrogens is 274 g/mol. The average Bonchev–Trinajstić information content (AvgIpc) is 2.40. The van der Waals surface area contributed by atoms with Crippen molar-refractivity contribution in [3.63, 3.8) is 0 Å². The summed E-state index contributed by atoms with van der Waals surface area (Å²) in [7, 11) is 0. The molecule has 0 atom stereocenters. The van der Waals surface area contributed by atoms with Gasteiger partial charge in [-0.05, 0) is 29.8 Å². The van der Waals surface area contributed by atoms with Crippen LogP contribution in [0.15, 0.2) is 36.4 Å². The summed E-state index contributed by atoms with van der Waals surface area (Å²) in [6, 6.07) is 8.08. The molecule has 0 spiro atoms. The van der Waals surface area contributed by atoms with Gasteiger partial charge in [-0.15, -0.1) is 0 Å². The summed E-state index contributed by atoms with van der Waals surface area (Å²) in [5.41, 5.74) is 0.615. The van der Waals surface area contributed by atoms with E-state index in [1.165, 1.54) is 12.1 Å². The fourth-order valence-corrected chi connectivity index (χ4v) is 1.62. The summed E-state index contributed by atoms with van der Waals surface area (Å²) < 4.78 is 25.7. The first-order valence-corrected chi connectivity index (χ1v) is 5.79. The van der Waals surface area contributed by atoms with Gasteiger partial charge in [0.15, 0.2) is 11.6 Å². The van der Waals surface area contributed by atoms with Crippen molar-refractivity contribution in [3.8, 4) is 0 Å². The molecule has 0 radical (unpaired) electrons. The van der Waals surface area contributed by atoms with Crippen LogP contribution in [-0.4, -0.2) is 10.9 Å². The van der Waals surface area contributed by atoms with Gasteiger partial charge in [0, 0.05) is 6.54 Å². The van der Waals surface area contributed by atoms with Crippen molar-refractivity contribution in [1.29, 1.82) is 0 Å². The largest absolute Gasteiger partial charge is 0.347 e. The fourth-order valence-electron chi connectivity index (χ4n) is 1.46. The highest BCUT2D eigenvalue weighted by Crippen LogP contribution is 2.09. The summed E-state index contributed by atoms with van der Waals surface area (Å²) in [6.07, 6.45) is 0. The van der Waals surface area contributed by atoms with Gasteiger partial charge in [-0.1, -0.05) is 23.7 Å². The summed E-state index contributed by atoms with van der Waals surface area (Å²) >= 11 is 5.66. The van der Waals surface area contributed by atoms with Gasteiger partial charge in [-0.3, -0.25) is 4.79 Å². The third kappa shape index (κ3) is 3.48. The third-order valence-corrected chi connectivity index (χ3v) is 2.60. The number of rotatable bonds is 3. The van der Waals surface area contributed by atoms with Crippen LogP contribution in [0.3, 0.4) is 0 Å². The first-order valence-electron chi connectivity index (χ1n) is 5.41. The van der Waals surface area contributed by atoms with E-state index in [1.807, 2.05) is 0 Å². The molecule has 0 fully saturated rings. The predicted octanol–water partition coefficient (Wildman–Crippen LogP) is 2.94. The molecule has 0 bridgehead atoms. The number of halogens is 3. The van der Waals surface area contributed by atoms with Crippen molar-refractivity contribution in [3.05, 3.63) is 64.4 Å². The minimum atomic E-state index is -0.951. The zero-order valence-corrected chi connectivity index (χ0v) is 10.4. The standard InChI is InChI=1S/C13H9ClF2N2O/c14-12-3-1-2-11(18-12)13(19)17-7-8-4-5-9(15)10(16)6-8/h1-6H,7H2,(H,17,19). The minimum Gasteiger partial charge on any atom is -0.347 e. The molecule has 1 aromatic carbocycles. The van der Waals surface area contributed by atoms with Crippen molar-refractivity contribution in [2.45, 2.75) is 6.54 Å². The Hall–Kier alpha value is -2.01. The lowest BCUT2D eigenvalue weighted by Gasteiger charge is -2.05. The number of amides is 1.